The van der Waals surface area contributed by atoms with Crippen LogP contribution in [0.4, 0.5) is 0 Å². The van der Waals surface area contributed by atoms with Crippen LogP contribution in [0.2, 0.25) is 0 Å². The van der Waals surface area contributed by atoms with Gasteiger partial charge in [-0.05, 0) is 18.2 Å². The van der Waals surface area contributed by atoms with Crippen molar-refractivity contribution >= 4 is 0 Å². The second kappa shape index (κ2) is 3.97. The Balaban J connectivity index is 2.03. The molecule has 0 aliphatic carbocycles. The van der Waals surface area contributed by atoms with Crippen molar-refractivity contribution in [2.45, 2.75) is 6.61 Å². The molecule has 86 valence electrons. The van der Waals surface area contributed by atoms with E-state index >= 15 is 0 Å². The number of para-hydroxylation sites is 2. The van der Waals surface area contributed by atoms with Crippen molar-refractivity contribution in [2.75, 3.05) is 7.11 Å². The summed E-state index contributed by atoms with van der Waals surface area (Å²) >= 11 is 0. The fourth-order valence-corrected chi connectivity index (χ4v) is 1.70. The molecular formula is C13H11NO3. The quantitative estimate of drug-likeness (QED) is 0.753. The molecule has 2 aromatic rings. The van der Waals surface area contributed by atoms with Gasteiger partial charge in [-0.2, -0.15) is 0 Å². The van der Waals surface area contributed by atoms with Gasteiger partial charge in [-0.25, -0.2) is 4.98 Å². The van der Waals surface area contributed by atoms with Gasteiger partial charge in [0.15, 0.2) is 17.2 Å². The Morgan fingerprint density at radius 2 is 1.88 bits per heavy atom. The van der Waals surface area contributed by atoms with Crippen LogP contribution in [0, 0.1) is 0 Å². The summed E-state index contributed by atoms with van der Waals surface area (Å²) in [5, 5.41) is 0. The van der Waals surface area contributed by atoms with E-state index in [1.54, 1.807) is 13.2 Å². The molecule has 2 heterocycles. The molecule has 0 saturated carbocycles. The maximum Gasteiger partial charge on any atom is 0.213 e. The molecule has 0 amide bonds. The number of fused-ring (bicyclic) bond motifs is 2. The molecule has 1 aromatic heterocycles. The lowest BCUT2D eigenvalue weighted by Gasteiger charge is -2.06. The fourth-order valence-electron chi connectivity index (χ4n) is 1.70. The monoisotopic (exact) mass is 229 g/mol. The number of methoxy groups -OCH3 is 1. The van der Waals surface area contributed by atoms with Crippen molar-refractivity contribution in [3.63, 3.8) is 0 Å². The lowest BCUT2D eigenvalue weighted by molar-refractivity contribution is 0.300. The molecule has 0 unspecified atom stereocenters. The lowest BCUT2D eigenvalue weighted by atomic mass is 10.3. The van der Waals surface area contributed by atoms with Crippen molar-refractivity contribution < 1.29 is 14.2 Å². The average molecular weight is 229 g/mol. The first-order valence-electron chi connectivity index (χ1n) is 5.30. The number of nitrogens with zero attached hydrogens (tertiary/aromatic N) is 1. The fraction of sp³-hybridized carbons (Fsp3) is 0.154. The molecule has 4 nitrogen and oxygen atoms in total. The van der Waals surface area contributed by atoms with Gasteiger partial charge < -0.3 is 14.2 Å². The molecule has 17 heavy (non-hydrogen) atoms. The Morgan fingerprint density at radius 3 is 2.71 bits per heavy atom. The van der Waals surface area contributed by atoms with Crippen molar-refractivity contribution in [3.05, 3.63) is 42.1 Å². The van der Waals surface area contributed by atoms with Gasteiger partial charge in [0.1, 0.15) is 12.3 Å². The zero-order valence-corrected chi connectivity index (χ0v) is 9.34. The molecule has 0 N–H and O–H groups in total. The number of aromatic nitrogens is 1. The second-order valence-electron chi connectivity index (χ2n) is 3.64. The SMILES string of the molecule is COc1ccc2c(n1)COc1ccccc1O2. The summed E-state index contributed by atoms with van der Waals surface area (Å²) in [5.41, 5.74) is 0.737. The van der Waals surface area contributed by atoms with Gasteiger partial charge in [-0.3, -0.25) is 0 Å². The third-order valence-corrected chi connectivity index (χ3v) is 2.55. The summed E-state index contributed by atoms with van der Waals surface area (Å²) in [6.07, 6.45) is 0. The molecule has 0 atom stereocenters. The molecule has 0 saturated heterocycles. The van der Waals surface area contributed by atoms with E-state index < -0.39 is 0 Å². The Morgan fingerprint density at radius 1 is 1.06 bits per heavy atom. The van der Waals surface area contributed by atoms with E-state index in [1.165, 1.54) is 0 Å². The molecule has 4 heteroatoms. The van der Waals surface area contributed by atoms with Crippen LogP contribution >= 0.6 is 0 Å². The minimum absolute atomic E-state index is 0.379. The third kappa shape index (κ3) is 1.78. The Labute approximate surface area is 98.8 Å². The highest BCUT2D eigenvalue weighted by atomic mass is 16.5. The van der Waals surface area contributed by atoms with Crippen molar-refractivity contribution in [3.8, 4) is 23.1 Å². The second-order valence-corrected chi connectivity index (χ2v) is 3.64. The van der Waals surface area contributed by atoms with E-state index in [4.69, 9.17) is 14.2 Å². The number of ether oxygens (including phenoxy) is 3. The van der Waals surface area contributed by atoms with Gasteiger partial charge in [0.05, 0.1) is 7.11 Å². The highest BCUT2D eigenvalue weighted by Gasteiger charge is 2.16. The van der Waals surface area contributed by atoms with Gasteiger partial charge in [0.25, 0.3) is 0 Å². The van der Waals surface area contributed by atoms with E-state index in [0.717, 1.165) is 11.4 Å². The number of pyridine rings is 1. The van der Waals surface area contributed by atoms with Gasteiger partial charge >= 0.3 is 0 Å². The Bertz CT molecular complexity index is 554. The molecule has 0 fully saturated rings. The van der Waals surface area contributed by atoms with Crippen LogP contribution in [0.3, 0.4) is 0 Å². The molecule has 0 spiro atoms. The van der Waals surface area contributed by atoms with Crippen molar-refractivity contribution in [2.24, 2.45) is 0 Å². The Kier molecular flexibility index (Phi) is 2.33. The van der Waals surface area contributed by atoms with Crippen LogP contribution in [0.15, 0.2) is 36.4 Å². The molecule has 1 aromatic carbocycles. The average Bonchev–Trinajstić information content (AvgIpc) is 2.57. The van der Waals surface area contributed by atoms with Crippen LogP contribution in [0.25, 0.3) is 0 Å². The summed E-state index contributed by atoms with van der Waals surface area (Å²) < 4.78 is 16.5. The van der Waals surface area contributed by atoms with Crippen LogP contribution < -0.4 is 14.2 Å². The molecule has 1 aliphatic heterocycles. The minimum Gasteiger partial charge on any atom is -0.483 e. The normalized spacial score (nSPS) is 12.5. The molecule has 0 bridgehead atoms. The van der Waals surface area contributed by atoms with Crippen molar-refractivity contribution in [1.29, 1.82) is 0 Å². The summed E-state index contributed by atoms with van der Waals surface area (Å²) in [6, 6.07) is 11.2. The van der Waals surface area contributed by atoms with Crippen LogP contribution in [0.5, 0.6) is 23.1 Å². The van der Waals surface area contributed by atoms with E-state index in [1.807, 2.05) is 30.3 Å². The molecule has 3 rings (SSSR count). The number of hydrogen-bond acceptors (Lipinski definition) is 4. The first-order valence-corrected chi connectivity index (χ1v) is 5.30. The highest BCUT2D eigenvalue weighted by molar-refractivity contribution is 5.46. The van der Waals surface area contributed by atoms with Gasteiger partial charge in [0, 0.05) is 6.07 Å². The third-order valence-electron chi connectivity index (χ3n) is 2.55. The van der Waals surface area contributed by atoms with Crippen LogP contribution in [-0.4, -0.2) is 12.1 Å². The standard InChI is InChI=1S/C13H11NO3/c1-15-13-7-6-10-9(14-13)8-16-11-4-2-3-5-12(11)17-10/h2-7H,8H2,1H3. The number of rotatable bonds is 1. The maximum absolute atomic E-state index is 5.76. The van der Waals surface area contributed by atoms with E-state index in [0.29, 0.717) is 24.0 Å². The smallest absolute Gasteiger partial charge is 0.213 e. The zero-order chi connectivity index (χ0) is 11.7. The largest absolute Gasteiger partial charge is 0.483 e. The number of benzene rings is 1. The molecule has 0 radical (unpaired) electrons. The van der Waals surface area contributed by atoms with E-state index in [2.05, 4.69) is 4.98 Å². The van der Waals surface area contributed by atoms with Crippen LogP contribution in [0.1, 0.15) is 5.69 Å². The molecule has 1 aliphatic rings. The summed E-state index contributed by atoms with van der Waals surface area (Å²) in [4.78, 5) is 4.30. The van der Waals surface area contributed by atoms with Crippen LogP contribution in [-0.2, 0) is 6.61 Å². The minimum atomic E-state index is 0.379. The zero-order valence-electron chi connectivity index (χ0n) is 9.34. The van der Waals surface area contributed by atoms with Gasteiger partial charge in [-0.15, -0.1) is 0 Å². The number of hydrogen-bond donors (Lipinski definition) is 0. The van der Waals surface area contributed by atoms with Gasteiger partial charge in [0.2, 0.25) is 5.88 Å². The predicted octanol–water partition coefficient (Wildman–Crippen LogP) is 2.77. The van der Waals surface area contributed by atoms with E-state index in [9.17, 15) is 0 Å². The first kappa shape index (κ1) is 9.96. The predicted molar refractivity (Wildman–Crippen MR) is 61.6 cm³/mol. The van der Waals surface area contributed by atoms with Crippen molar-refractivity contribution in [1.82, 2.24) is 4.98 Å². The Hall–Kier alpha value is -2.23. The molecular weight excluding hydrogens is 218 g/mol. The topological polar surface area (TPSA) is 40.6 Å². The summed E-state index contributed by atoms with van der Waals surface area (Å²) in [6.45, 7) is 0.379. The van der Waals surface area contributed by atoms with E-state index in [-0.39, 0.29) is 0 Å². The first-order chi connectivity index (χ1) is 8.36. The van der Waals surface area contributed by atoms with Gasteiger partial charge in [-0.1, -0.05) is 12.1 Å². The summed E-state index contributed by atoms with van der Waals surface area (Å²) in [7, 11) is 1.59. The maximum atomic E-state index is 5.76. The lowest BCUT2D eigenvalue weighted by Crippen LogP contribution is -1.98. The summed E-state index contributed by atoms with van der Waals surface area (Å²) in [5.74, 6) is 2.69. The highest BCUT2D eigenvalue weighted by Crippen LogP contribution is 2.36.